The first kappa shape index (κ1) is 19.4. The van der Waals surface area contributed by atoms with Crippen molar-refractivity contribution in [3.8, 4) is 5.75 Å². The summed E-state index contributed by atoms with van der Waals surface area (Å²) in [5.74, 6) is 0.793. The monoisotopic (exact) mass is 382 g/mol. The van der Waals surface area contributed by atoms with Crippen LogP contribution in [0.4, 0.5) is 4.39 Å². The van der Waals surface area contributed by atoms with E-state index >= 15 is 0 Å². The molecule has 2 aliphatic rings. The predicted octanol–water partition coefficient (Wildman–Crippen LogP) is 4.71. The molecule has 2 aliphatic heterocycles. The van der Waals surface area contributed by atoms with Crippen LogP contribution in [0.3, 0.4) is 0 Å². The maximum atomic E-state index is 13.1. The second kappa shape index (κ2) is 8.62. The van der Waals surface area contributed by atoms with Gasteiger partial charge in [0.05, 0.1) is 7.11 Å². The number of nitrogens with zero attached hydrogens (tertiary/aromatic N) is 2. The van der Waals surface area contributed by atoms with Crippen LogP contribution in [0, 0.1) is 11.2 Å². The number of benzene rings is 2. The molecule has 2 aromatic rings. The van der Waals surface area contributed by atoms with Crippen LogP contribution in [0.1, 0.15) is 36.8 Å². The minimum atomic E-state index is -0.151. The number of hydrogen-bond acceptors (Lipinski definition) is 3. The van der Waals surface area contributed by atoms with Gasteiger partial charge in [0.25, 0.3) is 0 Å². The van der Waals surface area contributed by atoms with Gasteiger partial charge >= 0.3 is 0 Å². The van der Waals surface area contributed by atoms with E-state index in [1.54, 1.807) is 19.2 Å². The predicted molar refractivity (Wildman–Crippen MR) is 111 cm³/mol. The fourth-order valence-corrected chi connectivity index (χ4v) is 4.75. The number of rotatable bonds is 5. The van der Waals surface area contributed by atoms with E-state index in [0.717, 1.165) is 31.9 Å². The first-order valence-corrected chi connectivity index (χ1v) is 10.5. The molecule has 150 valence electrons. The van der Waals surface area contributed by atoms with E-state index < -0.39 is 0 Å². The summed E-state index contributed by atoms with van der Waals surface area (Å²) in [4.78, 5) is 5.12. The second-order valence-corrected chi connectivity index (χ2v) is 8.53. The molecule has 0 bridgehead atoms. The molecule has 2 heterocycles. The summed E-state index contributed by atoms with van der Waals surface area (Å²) < 4.78 is 18.4. The van der Waals surface area contributed by atoms with Gasteiger partial charge in [-0.05, 0) is 92.7 Å². The molecule has 0 aromatic heterocycles. The Labute approximate surface area is 168 Å². The smallest absolute Gasteiger partial charge is 0.123 e. The highest BCUT2D eigenvalue weighted by molar-refractivity contribution is 5.28. The standard InChI is InChI=1S/C24H31FN2O/c1-28-23-4-2-3-21(17-23)19-27-15-11-24(12-16-27)9-13-26(14-10-24)18-20-5-7-22(25)8-6-20/h2-8,17H,9-16,18-19H2,1H3. The largest absolute Gasteiger partial charge is 0.497 e. The Morgan fingerprint density at radius 2 is 1.39 bits per heavy atom. The molecule has 1 spiro atoms. The third kappa shape index (κ3) is 4.73. The molecule has 0 N–H and O–H groups in total. The molecule has 2 fully saturated rings. The third-order valence-corrected chi connectivity index (χ3v) is 6.69. The molecule has 0 radical (unpaired) electrons. The number of hydrogen-bond donors (Lipinski definition) is 0. The Bertz CT molecular complexity index is 758. The number of ether oxygens (including phenoxy) is 1. The number of piperidine rings is 2. The summed E-state index contributed by atoms with van der Waals surface area (Å²) in [6.07, 6.45) is 5.20. The molecule has 28 heavy (non-hydrogen) atoms. The zero-order valence-corrected chi connectivity index (χ0v) is 16.9. The molecule has 3 nitrogen and oxygen atoms in total. The van der Waals surface area contributed by atoms with Gasteiger partial charge in [-0.25, -0.2) is 4.39 Å². The molecule has 4 heteroatoms. The summed E-state index contributed by atoms with van der Waals surface area (Å²) in [5.41, 5.74) is 3.08. The first-order valence-electron chi connectivity index (χ1n) is 10.5. The highest BCUT2D eigenvalue weighted by atomic mass is 19.1. The van der Waals surface area contributed by atoms with E-state index in [-0.39, 0.29) is 5.82 Å². The van der Waals surface area contributed by atoms with Gasteiger partial charge in [0, 0.05) is 13.1 Å². The fraction of sp³-hybridized carbons (Fsp3) is 0.500. The average Bonchev–Trinajstić information content (AvgIpc) is 2.73. The van der Waals surface area contributed by atoms with Crippen LogP contribution in [-0.2, 0) is 13.1 Å². The molecule has 0 atom stereocenters. The van der Waals surface area contributed by atoms with Crippen molar-refractivity contribution >= 4 is 0 Å². The molecule has 0 amide bonds. The highest BCUT2D eigenvalue weighted by Gasteiger charge is 2.37. The highest BCUT2D eigenvalue weighted by Crippen LogP contribution is 2.41. The van der Waals surface area contributed by atoms with E-state index in [9.17, 15) is 4.39 Å². The van der Waals surface area contributed by atoms with Crippen molar-refractivity contribution in [2.45, 2.75) is 38.8 Å². The lowest BCUT2D eigenvalue weighted by Crippen LogP contribution is -2.46. The van der Waals surface area contributed by atoms with Crippen molar-refractivity contribution in [3.63, 3.8) is 0 Å². The lowest BCUT2D eigenvalue weighted by atomic mass is 9.71. The SMILES string of the molecule is COc1cccc(CN2CCC3(CCN(Cc4ccc(F)cc4)CC3)CC2)c1. The number of likely N-dealkylation sites (tertiary alicyclic amines) is 2. The molecule has 0 unspecified atom stereocenters. The maximum Gasteiger partial charge on any atom is 0.123 e. The average molecular weight is 383 g/mol. The Balaban J connectivity index is 1.25. The van der Waals surface area contributed by atoms with Gasteiger partial charge < -0.3 is 4.74 Å². The third-order valence-electron chi connectivity index (χ3n) is 6.69. The molecule has 2 saturated heterocycles. The van der Waals surface area contributed by atoms with Crippen molar-refractivity contribution < 1.29 is 9.13 Å². The van der Waals surface area contributed by atoms with E-state index in [0.29, 0.717) is 5.41 Å². The summed E-state index contributed by atoms with van der Waals surface area (Å²) in [7, 11) is 1.73. The fourth-order valence-electron chi connectivity index (χ4n) is 4.75. The van der Waals surface area contributed by atoms with Gasteiger partial charge in [-0.1, -0.05) is 24.3 Å². The van der Waals surface area contributed by atoms with E-state index in [2.05, 4.69) is 28.0 Å². The van der Waals surface area contributed by atoms with E-state index in [4.69, 9.17) is 4.74 Å². The molecule has 2 aromatic carbocycles. The van der Waals surface area contributed by atoms with Crippen molar-refractivity contribution in [2.24, 2.45) is 5.41 Å². The molecule has 0 aliphatic carbocycles. The molecular formula is C24H31FN2O. The molecule has 0 saturated carbocycles. The van der Waals surface area contributed by atoms with Crippen LogP contribution in [0.15, 0.2) is 48.5 Å². The quantitative estimate of drug-likeness (QED) is 0.745. The van der Waals surface area contributed by atoms with Crippen molar-refractivity contribution in [2.75, 3.05) is 33.3 Å². The maximum absolute atomic E-state index is 13.1. The summed E-state index contributed by atoms with van der Waals surface area (Å²) in [5, 5.41) is 0. The minimum Gasteiger partial charge on any atom is -0.497 e. The lowest BCUT2D eigenvalue weighted by molar-refractivity contribution is 0.0299. The van der Waals surface area contributed by atoms with Crippen LogP contribution < -0.4 is 4.74 Å². The van der Waals surface area contributed by atoms with Gasteiger partial charge in [0.15, 0.2) is 0 Å². The summed E-state index contributed by atoms with van der Waals surface area (Å²) in [6.45, 7) is 6.66. The normalized spacial score (nSPS) is 20.4. The van der Waals surface area contributed by atoms with Crippen molar-refractivity contribution in [1.29, 1.82) is 0 Å². The Kier molecular flexibility index (Phi) is 5.98. The van der Waals surface area contributed by atoms with Gasteiger partial charge in [-0.3, -0.25) is 9.80 Å². The number of methoxy groups -OCH3 is 1. The van der Waals surface area contributed by atoms with Crippen LogP contribution in [0.5, 0.6) is 5.75 Å². The lowest BCUT2D eigenvalue weighted by Gasteiger charge is -2.47. The summed E-state index contributed by atoms with van der Waals surface area (Å²) >= 11 is 0. The van der Waals surface area contributed by atoms with Crippen LogP contribution >= 0.6 is 0 Å². The molecular weight excluding hydrogens is 351 g/mol. The Morgan fingerprint density at radius 3 is 1.96 bits per heavy atom. The van der Waals surface area contributed by atoms with Gasteiger partial charge in [-0.15, -0.1) is 0 Å². The zero-order valence-electron chi connectivity index (χ0n) is 16.9. The second-order valence-electron chi connectivity index (χ2n) is 8.53. The zero-order chi connectivity index (χ0) is 19.4. The van der Waals surface area contributed by atoms with Crippen LogP contribution in [-0.4, -0.2) is 43.1 Å². The topological polar surface area (TPSA) is 15.7 Å². The van der Waals surface area contributed by atoms with E-state index in [1.807, 2.05) is 18.2 Å². The number of halogens is 1. The Hall–Kier alpha value is -1.91. The van der Waals surface area contributed by atoms with Gasteiger partial charge in [0.2, 0.25) is 0 Å². The summed E-state index contributed by atoms with van der Waals surface area (Å²) in [6, 6.07) is 15.4. The first-order chi connectivity index (χ1) is 13.6. The van der Waals surface area contributed by atoms with Gasteiger partial charge in [-0.2, -0.15) is 0 Å². The molecule has 4 rings (SSSR count). The minimum absolute atomic E-state index is 0.151. The van der Waals surface area contributed by atoms with Crippen molar-refractivity contribution in [3.05, 3.63) is 65.5 Å². The van der Waals surface area contributed by atoms with Gasteiger partial charge in [0.1, 0.15) is 11.6 Å². The van der Waals surface area contributed by atoms with Crippen LogP contribution in [0.25, 0.3) is 0 Å². The van der Waals surface area contributed by atoms with Crippen LogP contribution in [0.2, 0.25) is 0 Å². The van der Waals surface area contributed by atoms with E-state index in [1.165, 1.54) is 49.9 Å². The Morgan fingerprint density at radius 1 is 0.821 bits per heavy atom. The van der Waals surface area contributed by atoms with Crippen molar-refractivity contribution in [1.82, 2.24) is 9.80 Å².